The van der Waals surface area contributed by atoms with Gasteiger partial charge in [-0.25, -0.2) is 0 Å². The topological polar surface area (TPSA) is 52.6 Å². The molecule has 0 aromatic heterocycles. The smallest absolute Gasteiger partial charge is 0.193 e. The summed E-state index contributed by atoms with van der Waals surface area (Å²) in [6, 6.07) is 33.7. The zero-order valence-corrected chi connectivity index (χ0v) is 23.4. The molecule has 0 saturated heterocycles. The highest BCUT2D eigenvalue weighted by Gasteiger charge is 2.65. The molecule has 208 valence electrons. The number of carbonyl (C=O) groups is 2. The molecule has 3 aliphatic rings. The van der Waals surface area contributed by atoms with Crippen molar-refractivity contribution in [1.29, 1.82) is 0 Å². The van der Waals surface area contributed by atoms with Crippen LogP contribution in [-0.2, 0) is 0 Å². The third-order valence-electron chi connectivity index (χ3n) is 8.80. The van der Waals surface area contributed by atoms with E-state index in [4.69, 9.17) is 9.47 Å². The van der Waals surface area contributed by atoms with Crippen molar-refractivity contribution in [2.75, 3.05) is 13.2 Å². The van der Waals surface area contributed by atoms with Crippen molar-refractivity contribution < 1.29 is 19.1 Å². The maximum atomic E-state index is 12.6. The molecular formula is C37H36O4. The van der Waals surface area contributed by atoms with E-state index in [0.29, 0.717) is 46.3 Å². The molecule has 4 aromatic carbocycles. The molecule has 0 N–H and O–H groups in total. The van der Waals surface area contributed by atoms with Gasteiger partial charge in [0.05, 0.1) is 13.2 Å². The quantitative estimate of drug-likeness (QED) is 0.118. The van der Waals surface area contributed by atoms with Gasteiger partial charge in [0.15, 0.2) is 11.6 Å². The number of hydrogen-bond donors (Lipinski definition) is 0. The fourth-order valence-corrected chi connectivity index (χ4v) is 6.95. The molecule has 7 rings (SSSR count). The first-order chi connectivity index (χ1) is 20.0. The van der Waals surface area contributed by atoms with Gasteiger partial charge in [-0.1, -0.05) is 60.7 Å². The Balaban J connectivity index is 0.851. The van der Waals surface area contributed by atoms with Gasteiger partial charge in [0.1, 0.15) is 11.5 Å². The first-order valence-corrected chi connectivity index (χ1v) is 14.7. The standard InChI is InChI=1S/C37H36O4/c38-34(28-9-3-1-4-10-28)30-13-17-32(18-14-30)40-23-7-21-36-25-37(26-36,27-36)22-8-24-41-33-19-15-31(16-20-33)35(39)29-11-5-2-6-12-29/h1-6,9-20H,7-8,21-27H2. The lowest BCUT2D eigenvalue weighted by molar-refractivity contribution is -0.213. The van der Waals surface area contributed by atoms with Crippen molar-refractivity contribution in [1.82, 2.24) is 0 Å². The number of ether oxygens (including phenoxy) is 2. The van der Waals surface area contributed by atoms with Crippen molar-refractivity contribution in [3.63, 3.8) is 0 Å². The normalized spacial score (nSPS) is 20.4. The molecular weight excluding hydrogens is 508 g/mol. The third-order valence-corrected chi connectivity index (χ3v) is 8.80. The van der Waals surface area contributed by atoms with Gasteiger partial charge in [0, 0.05) is 22.3 Å². The highest BCUT2D eigenvalue weighted by Crippen LogP contribution is 2.76. The molecule has 0 unspecified atom stereocenters. The van der Waals surface area contributed by atoms with Crippen LogP contribution in [0.1, 0.15) is 76.8 Å². The molecule has 4 aromatic rings. The minimum atomic E-state index is 0.0344. The highest BCUT2D eigenvalue weighted by molar-refractivity contribution is 6.09. The summed E-state index contributed by atoms with van der Waals surface area (Å²) in [6.45, 7) is 1.43. The lowest BCUT2D eigenvalue weighted by Crippen LogP contribution is -2.61. The summed E-state index contributed by atoms with van der Waals surface area (Å²) in [5.74, 6) is 1.71. The SMILES string of the molecule is O=C(c1ccccc1)c1ccc(OCCCC23CC(CCCOc4ccc(C(=O)c5ccccc5)cc4)(C2)C3)cc1. The Morgan fingerprint density at radius 1 is 0.488 bits per heavy atom. The Bertz CT molecular complexity index is 1340. The Labute approximate surface area is 242 Å². The fourth-order valence-electron chi connectivity index (χ4n) is 6.95. The molecule has 4 heteroatoms. The van der Waals surface area contributed by atoms with Gasteiger partial charge in [0.25, 0.3) is 0 Å². The van der Waals surface area contributed by atoms with E-state index in [1.165, 1.54) is 32.1 Å². The van der Waals surface area contributed by atoms with Crippen LogP contribution in [0.2, 0.25) is 0 Å². The molecule has 41 heavy (non-hydrogen) atoms. The molecule has 0 amide bonds. The zero-order chi connectivity index (χ0) is 28.1. The minimum absolute atomic E-state index is 0.0344. The van der Waals surface area contributed by atoms with Crippen LogP contribution in [0.3, 0.4) is 0 Å². The van der Waals surface area contributed by atoms with Crippen molar-refractivity contribution in [2.45, 2.75) is 44.9 Å². The van der Waals surface area contributed by atoms with Gasteiger partial charge in [-0.2, -0.15) is 0 Å². The monoisotopic (exact) mass is 544 g/mol. The van der Waals surface area contributed by atoms with Crippen LogP contribution in [0.25, 0.3) is 0 Å². The predicted octanol–water partition coefficient (Wildman–Crippen LogP) is 8.34. The Morgan fingerprint density at radius 2 is 0.829 bits per heavy atom. The summed E-state index contributed by atoms with van der Waals surface area (Å²) in [4.78, 5) is 25.1. The Morgan fingerprint density at radius 3 is 1.20 bits per heavy atom. The third kappa shape index (κ3) is 6.12. The maximum Gasteiger partial charge on any atom is 0.193 e. The minimum Gasteiger partial charge on any atom is -0.494 e. The van der Waals surface area contributed by atoms with E-state index in [9.17, 15) is 9.59 Å². The van der Waals surface area contributed by atoms with Gasteiger partial charge < -0.3 is 9.47 Å². The molecule has 0 spiro atoms. The fraction of sp³-hybridized carbons (Fsp3) is 0.297. The molecule has 3 fully saturated rings. The second kappa shape index (κ2) is 11.7. The van der Waals surface area contributed by atoms with Crippen molar-refractivity contribution in [3.8, 4) is 11.5 Å². The maximum absolute atomic E-state index is 12.6. The van der Waals surface area contributed by atoms with Crippen LogP contribution < -0.4 is 9.47 Å². The Kier molecular flexibility index (Phi) is 7.74. The van der Waals surface area contributed by atoms with E-state index >= 15 is 0 Å². The molecule has 0 atom stereocenters. The van der Waals surface area contributed by atoms with Gasteiger partial charge in [-0.3, -0.25) is 9.59 Å². The molecule has 2 bridgehead atoms. The number of ketones is 2. The average Bonchev–Trinajstić information content (AvgIpc) is 2.99. The largest absolute Gasteiger partial charge is 0.494 e. The molecule has 3 aliphatic carbocycles. The highest BCUT2D eigenvalue weighted by atomic mass is 16.5. The van der Waals surface area contributed by atoms with E-state index < -0.39 is 0 Å². The van der Waals surface area contributed by atoms with E-state index in [0.717, 1.165) is 24.3 Å². The van der Waals surface area contributed by atoms with Crippen LogP contribution in [-0.4, -0.2) is 24.8 Å². The van der Waals surface area contributed by atoms with Crippen LogP contribution in [0.4, 0.5) is 0 Å². The zero-order valence-electron chi connectivity index (χ0n) is 23.4. The van der Waals surface area contributed by atoms with E-state index in [-0.39, 0.29) is 11.6 Å². The molecule has 3 saturated carbocycles. The summed E-state index contributed by atoms with van der Waals surface area (Å²) in [5.41, 5.74) is 3.85. The molecule has 0 heterocycles. The van der Waals surface area contributed by atoms with Gasteiger partial charge in [-0.05, 0) is 104 Å². The summed E-state index contributed by atoms with van der Waals surface area (Å²) in [6.07, 6.45) is 8.60. The van der Waals surface area contributed by atoms with Gasteiger partial charge >= 0.3 is 0 Å². The van der Waals surface area contributed by atoms with E-state index in [1.54, 1.807) is 0 Å². The van der Waals surface area contributed by atoms with Crippen molar-refractivity contribution in [3.05, 3.63) is 131 Å². The lowest BCUT2D eigenvalue weighted by Gasteiger charge is -2.72. The summed E-state index contributed by atoms with van der Waals surface area (Å²) < 4.78 is 11.9. The average molecular weight is 545 g/mol. The summed E-state index contributed by atoms with van der Waals surface area (Å²) in [7, 11) is 0. The number of hydrogen-bond acceptors (Lipinski definition) is 4. The van der Waals surface area contributed by atoms with Crippen LogP contribution in [0, 0.1) is 10.8 Å². The van der Waals surface area contributed by atoms with Crippen LogP contribution in [0.15, 0.2) is 109 Å². The van der Waals surface area contributed by atoms with E-state index in [1.807, 2.05) is 109 Å². The predicted molar refractivity (Wildman–Crippen MR) is 161 cm³/mol. The van der Waals surface area contributed by atoms with Gasteiger partial charge in [-0.15, -0.1) is 0 Å². The van der Waals surface area contributed by atoms with Crippen molar-refractivity contribution >= 4 is 11.6 Å². The van der Waals surface area contributed by atoms with Gasteiger partial charge in [0.2, 0.25) is 0 Å². The molecule has 4 nitrogen and oxygen atoms in total. The second-order valence-electron chi connectivity index (χ2n) is 11.9. The van der Waals surface area contributed by atoms with Crippen LogP contribution >= 0.6 is 0 Å². The molecule has 0 aliphatic heterocycles. The summed E-state index contributed by atoms with van der Waals surface area (Å²) >= 11 is 0. The molecule has 0 radical (unpaired) electrons. The van der Waals surface area contributed by atoms with Crippen LogP contribution in [0.5, 0.6) is 11.5 Å². The number of benzene rings is 4. The number of rotatable bonds is 14. The number of carbonyl (C=O) groups excluding carboxylic acids is 2. The summed E-state index contributed by atoms with van der Waals surface area (Å²) in [5, 5.41) is 0. The first-order valence-electron chi connectivity index (χ1n) is 14.7. The second-order valence-corrected chi connectivity index (χ2v) is 11.9. The van der Waals surface area contributed by atoms with Crippen molar-refractivity contribution in [2.24, 2.45) is 10.8 Å². The lowest BCUT2D eigenvalue weighted by atomic mass is 9.33. The van der Waals surface area contributed by atoms with E-state index in [2.05, 4.69) is 0 Å². The first kappa shape index (κ1) is 27.0. The Hall–Kier alpha value is -4.18.